The molecule has 1 saturated carbocycles. The van der Waals surface area contributed by atoms with Crippen LogP contribution in [-0.4, -0.2) is 53.3 Å². The van der Waals surface area contributed by atoms with Crippen molar-refractivity contribution in [3.05, 3.63) is 41.2 Å². The first-order valence-electron chi connectivity index (χ1n) is 12.1. The maximum Gasteiger partial charge on any atom is 0.389 e. The normalized spacial score (nSPS) is 24.3. The second-order valence-electron chi connectivity index (χ2n) is 10.5. The molecule has 178 valence electrons. The Labute approximate surface area is 195 Å². The minimum Gasteiger partial charge on any atom is -0.387 e. The van der Waals surface area contributed by atoms with Crippen LogP contribution in [0.2, 0.25) is 0 Å². The standard InChI is InChI=1S/C25H36N5O3/c1-19(14-20-8-5-4-6-9-20)23(32)28-13-10-25(33,24(2,3)17-28)18-29-16-21(26-15-22(29)31)30-12-7-11-27-30/h7,11-12,15-17,19-20,33H,4-6,8-10,13-14,18H2,1-3H3/q+1/t19-,25?/m1/s1. The summed E-state index contributed by atoms with van der Waals surface area (Å²) in [7, 11) is 0. The van der Waals surface area contributed by atoms with Crippen molar-refractivity contribution in [1.29, 1.82) is 0 Å². The summed E-state index contributed by atoms with van der Waals surface area (Å²) in [5.41, 5.74) is -2.15. The molecule has 0 aromatic carbocycles. The van der Waals surface area contributed by atoms with E-state index in [1.807, 2.05) is 27.0 Å². The molecule has 8 heteroatoms. The minimum absolute atomic E-state index is 0.0224. The molecule has 33 heavy (non-hydrogen) atoms. The van der Waals surface area contributed by atoms with Crippen LogP contribution in [0.1, 0.15) is 65.7 Å². The van der Waals surface area contributed by atoms with Gasteiger partial charge in [0.25, 0.3) is 5.56 Å². The van der Waals surface area contributed by atoms with Crippen LogP contribution in [0.25, 0.3) is 5.82 Å². The van der Waals surface area contributed by atoms with Gasteiger partial charge in [-0.2, -0.15) is 9.67 Å². The molecule has 2 atom stereocenters. The molecule has 0 spiro atoms. The Morgan fingerprint density at radius 1 is 1.30 bits per heavy atom. The van der Waals surface area contributed by atoms with Gasteiger partial charge in [0, 0.05) is 18.8 Å². The van der Waals surface area contributed by atoms with Gasteiger partial charge < -0.3 is 9.67 Å². The van der Waals surface area contributed by atoms with Gasteiger partial charge in [0.15, 0.2) is 18.6 Å². The number of rotatable bonds is 6. The number of aliphatic hydroxyl groups is 1. The van der Waals surface area contributed by atoms with E-state index >= 15 is 0 Å². The summed E-state index contributed by atoms with van der Waals surface area (Å²) in [4.78, 5) is 29.9. The predicted molar refractivity (Wildman–Crippen MR) is 126 cm³/mol. The summed E-state index contributed by atoms with van der Waals surface area (Å²) in [5, 5.41) is 15.8. The van der Waals surface area contributed by atoms with E-state index in [0.717, 1.165) is 6.42 Å². The van der Waals surface area contributed by atoms with Crippen molar-refractivity contribution in [2.45, 2.75) is 77.9 Å². The lowest BCUT2D eigenvalue weighted by atomic mass is 9.71. The zero-order chi connectivity index (χ0) is 23.6. The molecule has 2 aromatic heterocycles. The van der Waals surface area contributed by atoms with Gasteiger partial charge in [-0.25, -0.2) is 14.5 Å². The highest BCUT2D eigenvalue weighted by atomic mass is 16.3. The number of amides is 1. The molecule has 0 saturated heterocycles. The molecule has 1 unspecified atom stereocenters. The second kappa shape index (κ2) is 9.33. The van der Waals surface area contributed by atoms with E-state index in [4.69, 9.17) is 0 Å². The lowest BCUT2D eigenvalue weighted by Gasteiger charge is -2.41. The van der Waals surface area contributed by atoms with E-state index in [-0.39, 0.29) is 23.9 Å². The molecule has 1 aliphatic carbocycles. The third-order valence-electron chi connectivity index (χ3n) is 7.59. The van der Waals surface area contributed by atoms with Crippen molar-refractivity contribution < 1.29 is 14.5 Å². The number of nitrogens with zero attached hydrogens (tertiary/aromatic N) is 5. The Morgan fingerprint density at radius 2 is 2.06 bits per heavy atom. The average Bonchev–Trinajstić information content (AvgIpc) is 3.32. The Morgan fingerprint density at radius 3 is 2.73 bits per heavy atom. The van der Waals surface area contributed by atoms with Crippen LogP contribution in [0.5, 0.6) is 0 Å². The molecular weight excluding hydrogens is 418 g/mol. The number of aromatic nitrogens is 4. The molecule has 0 bridgehead atoms. The molecule has 1 N–H and O–H groups in total. The molecule has 1 aliphatic heterocycles. The van der Waals surface area contributed by atoms with Crippen LogP contribution in [0, 0.1) is 17.3 Å². The van der Waals surface area contributed by atoms with Crippen LogP contribution in [0.3, 0.4) is 0 Å². The fourth-order valence-corrected chi connectivity index (χ4v) is 5.33. The van der Waals surface area contributed by atoms with Gasteiger partial charge in [-0.3, -0.25) is 4.79 Å². The van der Waals surface area contributed by atoms with E-state index in [0.29, 0.717) is 24.7 Å². The van der Waals surface area contributed by atoms with Gasteiger partial charge in [-0.1, -0.05) is 32.1 Å². The Balaban J connectivity index is 1.50. The SMILES string of the molecule is C[C@H](CC1CCCCC1)C(=O)[N+]1=CC(C)(C)C(O)(Cn2cc(-n3cccn3)ncc2=O)CC1. The molecule has 1 fully saturated rings. The zero-order valence-corrected chi connectivity index (χ0v) is 20.0. The summed E-state index contributed by atoms with van der Waals surface area (Å²) in [6.07, 6.45) is 15.8. The highest BCUT2D eigenvalue weighted by Crippen LogP contribution is 2.37. The number of carbonyl (C=O) groups excluding carboxylic acids is 1. The van der Waals surface area contributed by atoms with Crippen molar-refractivity contribution in [2.24, 2.45) is 17.3 Å². The van der Waals surface area contributed by atoms with Gasteiger partial charge in [0.1, 0.15) is 5.60 Å². The van der Waals surface area contributed by atoms with Gasteiger partial charge in [0.2, 0.25) is 0 Å². The fraction of sp³-hybridized carbons (Fsp3) is 0.640. The van der Waals surface area contributed by atoms with Gasteiger partial charge in [0.05, 0.1) is 30.3 Å². The first kappa shape index (κ1) is 23.5. The average molecular weight is 455 g/mol. The maximum absolute atomic E-state index is 13.2. The van der Waals surface area contributed by atoms with Gasteiger partial charge in [-0.15, -0.1) is 0 Å². The van der Waals surface area contributed by atoms with Crippen molar-refractivity contribution in [2.75, 3.05) is 6.54 Å². The molecular formula is C25H36N5O3+. The largest absolute Gasteiger partial charge is 0.389 e. The molecule has 4 rings (SSSR count). The quantitative estimate of drug-likeness (QED) is 0.678. The summed E-state index contributed by atoms with van der Waals surface area (Å²) >= 11 is 0. The van der Waals surface area contributed by atoms with Crippen LogP contribution < -0.4 is 5.56 Å². The topological polar surface area (TPSA) is 93.0 Å². The summed E-state index contributed by atoms with van der Waals surface area (Å²) in [6.45, 7) is 6.45. The van der Waals surface area contributed by atoms with Crippen LogP contribution in [-0.2, 0) is 11.3 Å². The molecule has 2 aliphatic rings. The molecule has 0 radical (unpaired) electrons. The van der Waals surface area contributed by atoms with E-state index in [2.05, 4.69) is 10.1 Å². The van der Waals surface area contributed by atoms with E-state index in [1.54, 1.807) is 33.9 Å². The minimum atomic E-state index is -1.18. The first-order valence-corrected chi connectivity index (χ1v) is 12.1. The number of carbonyl (C=O) groups is 1. The number of hydrogen-bond donors (Lipinski definition) is 1. The second-order valence-corrected chi connectivity index (χ2v) is 10.5. The first-order chi connectivity index (χ1) is 15.7. The Hall–Kier alpha value is -2.61. The molecule has 8 nitrogen and oxygen atoms in total. The monoisotopic (exact) mass is 454 g/mol. The maximum atomic E-state index is 13.2. The van der Waals surface area contributed by atoms with Crippen LogP contribution in [0.15, 0.2) is 35.6 Å². The molecule has 3 heterocycles. The van der Waals surface area contributed by atoms with Crippen molar-refractivity contribution in [3.8, 4) is 5.82 Å². The Kier molecular flexibility index (Phi) is 6.66. The van der Waals surface area contributed by atoms with Crippen molar-refractivity contribution in [1.82, 2.24) is 19.3 Å². The highest BCUT2D eigenvalue weighted by Gasteiger charge is 2.50. The van der Waals surface area contributed by atoms with Crippen LogP contribution in [0.4, 0.5) is 0 Å². The van der Waals surface area contributed by atoms with E-state index in [1.165, 1.54) is 42.9 Å². The van der Waals surface area contributed by atoms with Crippen LogP contribution >= 0.6 is 0 Å². The summed E-state index contributed by atoms with van der Waals surface area (Å²) in [6, 6.07) is 1.78. The number of hydrogen-bond acceptors (Lipinski definition) is 5. The zero-order valence-electron chi connectivity index (χ0n) is 20.0. The third-order valence-corrected chi connectivity index (χ3v) is 7.59. The Bertz CT molecular complexity index is 1070. The van der Waals surface area contributed by atoms with Crippen molar-refractivity contribution >= 4 is 12.1 Å². The van der Waals surface area contributed by atoms with Gasteiger partial charge >= 0.3 is 5.91 Å². The lowest BCUT2D eigenvalue weighted by molar-refractivity contribution is -0.466. The van der Waals surface area contributed by atoms with E-state index in [9.17, 15) is 14.7 Å². The highest BCUT2D eigenvalue weighted by molar-refractivity contribution is 5.77. The molecule has 2 aromatic rings. The summed E-state index contributed by atoms with van der Waals surface area (Å²) < 4.78 is 4.86. The smallest absolute Gasteiger partial charge is 0.387 e. The molecule has 1 amide bonds. The van der Waals surface area contributed by atoms with E-state index < -0.39 is 11.0 Å². The van der Waals surface area contributed by atoms with Gasteiger partial charge in [-0.05, 0) is 39.2 Å². The lowest BCUT2D eigenvalue weighted by Crippen LogP contribution is -2.56. The van der Waals surface area contributed by atoms with Crippen molar-refractivity contribution in [3.63, 3.8) is 0 Å². The predicted octanol–water partition coefficient (Wildman–Crippen LogP) is 2.81. The summed E-state index contributed by atoms with van der Waals surface area (Å²) in [5.74, 6) is 1.27. The third kappa shape index (κ3) is 5.00. The fourth-order valence-electron chi connectivity index (χ4n) is 5.33.